The molecule has 0 bridgehead atoms. The maximum absolute atomic E-state index is 13.0. The largest absolute Gasteiger partial charge is 0.370 e. The fourth-order valence-corrected chi connectivity index (χ4v) is 2.36. The standard InChI is InChI=1S/C17H15FN2O/c18-16-7-5-12(6-8-16)15(10-17(20)21)9-13-3-1-2-4-14(13)11-19/h1-8,15H,9-10H2,(H2,20,21). The first-order valence-electron chi connectivity index (χ1n) is 6.62. The Kier molecular flexibility index (Phi) is 4.68. The Labute approximate surface area is 122 Å². The quantitative estimate of drug-likeness (QED) is 0.916. The molecule has 0 aliphatic heterocycles. The highest BCUT2D eigenvalue weighted by atomic mass is 19.1. The number of carbonyl (C=O) groups excluding carboxylic acids is 1. The van der Waals surface area contributed by atoms with Gasteiger partial charge in [0.05, 0.1) is 11.6 Å². The Morgan fingerprint density at radius 1 is 1.19 bits per heavy atom. The van der Waals surface area contributed by atoms with Gasteiger partial charge in [-0.3, -0.25) is 4.79 Å². The molecule has 0 spiro atoms. The predicted octanol–water partition coefficient (Wildman–Crippen LogP) is 2.90. The van der Waals surface area contributed by atoms with Crippen LogP contribution < -0.4 is 5.73 Å². The summed E-state index contributed by atoms with van der Waals surface area (Å²) in [6.45, 7) is 0. The van der Waals surface area contributed by atoms with Crippen LogP contribution in [0.2, 0.25) is 0 Å². The van der Waals surface area contributed by atoms with E-state index in [4.69, 9.17) is 11.0 Å². The Morgan fingerprint density at radius 3 is 2.48 bits per heavy atom. The van der Waals surface area contributed by atoms with E-state index in [0.29, 0.717) is 12.0 Å². The average molecular weight is 282 g/mol. The van der Waals surface area contributed by atoms with Crippen LogP contribution in [0.15, 0.2) is 48.5 Å². The van der Waals surface area contributed by atoms with Crippen LogP contribution in [0.3, 0.4) is 0 Å². The lowest BCUT2D eigenvalue weighted by molar-refractivity contribution is -0.118. The van der Waals surface area contributed by atoms with Crippen LogP contribution in [0, 0.1) is 17.1 Å². The Bertz CT molecular complexity index is 674. The van der Waals surface area contributed by atoms with Crippen molar-refractivity contribution < 1.29 is 9.18 Å². The van der Waals surface area contributed by atoms with Gasteiger partial charge in [0.15, 0.2) is 0 Å². The molecule has 0 aromatic heterocycles. The molecule has 2 N–H and O–H groups in total. The lowest BCUT2D eigenvalue weighted by Gasteiger charge is -2.16. The van der Waals surface area contributed by atoms with Crippen LogP contribution in [0.1, 0.15) is 29.0 Å². The summed E-state index contributed by atoms with van der Waals surface area (Å²) in [6, 6.07) is 15.4. The van der Waals surface area contributed by atoms with Crippen molar-refractivity contribution in [1.29, 1.82) is 5.26 Å². The van der Waals surface area contributed by atoms with Crippen molar-refractivity contribution in [1.82, 2.24) is 0 Å². The average Bonchev–Trinajstić information content (AvgIpc) is 2.47. The molecule has 21 heavy (non-hydrogen) atoms. The van der Waals surface area contributed by atoms with Crippen molar-refractivity contribution in [3.8, 4) is 6.07 Å². The van der Waals surface area contributed by atoms with Crippen molar-refractivity contribution in [2.75, 3.05) is 0 Å². The lowest BCUT2D eigenvalue weighted by atomic mass is 9.87. The Morgan fingerprint density at radius 2 is 1.86 bits per heavy atom. The molecule has 2 rings (SSSR count). The molecule has 1 amide bonds. The Balaban J connectivity index is 2.30. The van der Waals surface area contributed by atoms with Crippen molar-refractivity contribution in [3.63, 3.8) is 0 Å². The first kappa shape index (κ1) is 14.7. The molecule has 0 saturated heterocycles. The second-order valence-electron chi connectivity index (χ2n) is 4.89. The summed E-state index contributed by atoms with van der Waals surface area (Å²) >= 11 is 0. The minimum Gasteiger partial charge on any atom is -0.370 e. The normalized spacial score (nSPS) is 11.6. The third-order valence-electron chi connectivity index (χ3n) is 3.39. The third kappa shape index (κ3) is 3.90. The van der Waals surface area contributed by atoms with Crippen LogP contribution in [-0.2, 0) is 11.2 Å². The van der Waals surface area contributed by atoms with Crippen molar-refractivity contribution >= 4 is 5.91 Å². The molecular weight excluding hydrogens is 267 g/mol. The number of halogens is 1. The molecular formula is C17H15FN2O. The minimum absolute atomic E-state index is 0.158. The summed E-state index contributed by atoms with van der Waals surface area (Å²) in [4.78, 5) is 11.3. The molecule has 0 aliphatic carbocycles. The van der Waals surface area contributed by atoms with E-state index in [-0.39, 0.29) is 18.2 Å². The maximum atomic E-state index is 13.0. The number of primary amides is 1. The van der Waals surface area contributed by atoms with Gasteiger partial charge in [-0.2, -0.15) is 5.26 Å². The molecule has 0 radical (unpaired) electrons. The molecule has 0 aliphatic rings. The molecule has 0 fully saturated rings. The first-order chi connectivity index (χ1) is 10.1. The molecule has 2 aromatic rings. The zero-order valence-electron chi connectivity index (χ0n) is 11.4. The summed E-state index contributed by atoms with van der Waals surface area (Å²) in [5.41, 5.74) is 7.58. The summed E-state index contributed by atoms with van der Waals surface area (Å²) in [7, 11) is 0. The van der Waals surface area contributed by atoms with E-state index in [2.05, 4.69) is 6.07 Å². The zero-order valence-corrected chi connectivity index (χ0v) is 11.4. The SMILES string of the molecule is N#Cc1ccccc1CC(CC(N)=O)c1ccc(F)cc1. The third-order valence-corrected chi connectivity index (χ3v) is 3.39. The second-order valence-corrected chi connectivity index (χ2v) is 4.89. The molecule has 106 valence electrons. The van der Waals surface area contributed by atoms with Crippen LogP contribution >= 0.6 is 0 Å². The van der Waals surface area contributed by atoms with Gasteiger partial charge in [0.25, 0.3) is 0 Å². The van der Waals surface area contributed by atoms with Crippen LogP contribution in [-0.4, -0.2) is 5.91 Å². The van der Waals surface area contributed by atoms with Gasteiger partial charge in [0.2, 0.25) is 5.91 Å². The van der Waals surface area contributed by atoms with Crippen molar-refractivity contribution in [2.24, 2.45) is 5.73 Å². The van der Waals surface area contributed by atoms with Gasteiger partial charge < -0.3 is 5.73 Å². The summed E-state index contributed by atoms with van der Waals surface area (Å²) in [5.74, 6) is -0.912. The van der Waals surface area contributed by atoms with E-state index < -0.39 is 5.91 Å². The molecule has 4 heteroatoms. The van der Waals surface area contributed by atoms with Crippen molar-refractivity contribution in [2.45, 2.75) is 18.8 Å². The lowest BCUT2D eigenvalue weighted by Crippen LogP contribution is -2.17. The highest BCUT2D eigenvalue weighted by molar-refractivity contribution is 5.74. The van der Waals surface area contributed by atoms with Gasteiger partial charge in [-0.15, -0.1) is 0 Å². The zero-order chi connectivity index (χ0) is 15.2. The van der Waals surface area contributed by atoms with E-state index in [0.717, 1.165) is 11.1 Å². The predicted molar refractivity (Wildman–Crippen MR) is 77.8 cm³/mol. The van der Waals surface area contributed by atoms with Crippen LogP contribution in [0.25, 0.3) is 0 Å². The number of carbonyl (C=O) groups is 1. The number of nitrogens with two attached hydrogens (primary N) is 1. The Hall–Kier alpha value is -2.67. The molecule has 1 unspecified atom stereocenters. The van der Waals surface area contributed by atoms with Gasteiger partial charge in [0.1, 0.15) is 5.82 Å². The number of rotatable bonds is 5. The number of benzene rings is 2. The summed E-state index contributed by atoms with van der Waals surface area (Å²) in [5, 5.41) is 9.13. The highest BCUT2D eigenvalue weighted by Gasteiger charge is 2.17. The summed E-state index contributed by atoms with van der Waals surface area (Å²) in [6.07, 6.45) is 0.670. The van der Waals surface area contributed by atoms with E-state index in [9.17, 15) is 9.18 Å². The molecule has 2 aromatic carbocycles. The van der Waals surface area contributed by atoms with Gasteiger partial charge in [0, 0.05) is 6.42 Å². The molecule has 1 atom stereocenters. The first-order valence-corrected chi connectivity index (χ1v) is 6.62. The van der Waals surface area contributed by atoms with Gasteiger partial charge in [-0.25, -0.2) is 4.39 Å². The van der Waals surface area contributed by atoms with Gasteiger partial charge >= 0.3 is 0 Å². The smallest absolute Gasteiger partial charge is 0.218 e. The second kappa shape index (κ2) is 6.67. The topological polar surface area (TPSA) is 66.9 Å². The molecule has 0 heterocycles. The van der Waals surface area contributed by atoms with Crippen LogP contribution in [0.5, 0.6) is 0 Å². The van der Waals surface area contributed by atoms with E-state index >= 15 is 0 Å². The van der Waals surface area contributed by atoms with Gasteiger partial charge in [-0.05, 0) is 41.7 Å². The number of nitriles is 1. The van der Waals surface area contributed by atoms with E-state index in [1.54, 1.807) is 24.3 Å². The fraction of sp³-hybridized carbons (Fsp3) is 0.176. The maximum Gasteiger partial charge on any atom is 0.218 e. The van der Waals surface area contributed by atoms with Crippen LogP contribution in [0.4, 0.5) is 4.39 Å². The fourth-order valence-electron chi connectivity index (χ4n) is 2.36. The summed E-state index contributed by atoms with van der Waals surface area (Å²) < 4.78 is 13.0. The molecule has 3 nitrogen and oxygen atoms in total. The minimum atomic E-state index is -0.418. The van der Waals surface area contributed by atoms with Crippen molar-refractivity contribution in [3.05, 3.63) is 71.0 Å². The monoisotopic (exact) mass is 282 g/mol. The number of hydrogen-bond acceptors (Lipinski definition) is 2. The number of nitrogens with zero attached hydrogens (tertiary/aromatic N) is 1. The van der Waals surface area contributed by atoms with E-state index in [1.165, 1.54) is 12.1 Å². The molecule has 0 saturated carbocycles. The highest BCUT2D eigenvalue weighted by Crippen LogP contribution is 2.26. The van der Waals surface area contributed by atoms with Gasteiger partial charge in [-0.1, -0.05) is 30.3 Å². The number of amides is 1. The number of hydrogen-bond donors (Lipinski definition) is 1. The van der Waals surface area contributed by atoms with E-state index in [1.807, 2.05) is 12.1 Å².